The van der Waals surface area contributed by atoms with Crippen LogP contribution in [0, 0.1) is 6.92 Å². The standard InChI is InChI=1S/C9H12N2S/c1-6-5-12-11-9-4-10-7(2)3-8(6)9/h3-4,6,11H,5H2,1-2H3/t6-/m0/s1. The van der Waals surface area contributed by atoms with Gasteiger partial charge in [-0.15, -0.1) is 0 Å². The van der Waals surface area contributed by atoms with Gasteiger partial charge in [0.25, 0.3) is 0 Å². The molecule has 0 aliphatic carbocycles. The third-order valence-electron chi connectivity index (χ3n) is 2.12. The highest BCUT2D eigenvalue weighted by Crippen LogP contribution is 2.33. The summed E-state index contributed by atoms with van der Waals surface area (Å²) >= 11 is 1.76. The summed E-state index contributed by atoms with van der Waals surface area (Å²) in [5, 5.41) is 0. The van der Waals surface area contributed by atoms with Gasteiger partial charge in [-0.1, -0.05) is 18.9 Å². The molecule has 0 spiro atoms. The zero-order chi connectivity index (χ0) is 8.55. The van der Waals surface area contributed by atoms with Crippen LogP contribution in [0.4, 0.5) is 5.69 Å². The van der Waals surface area contributed by atoms with E-state index in [9.17, 15) is 0 Å². The molecule has 64 valence electrons. The summed E-state index contributed by atoms with van der Waals surface area (Å²) in [5.74, 6) is 1.80. The van der Waals surface area contributed by atoms with Crippen molar-refractivity contribution in [1.82, 2.24) is 4.98 Å². The van der Waals surface area contributed by atoms with Crippen LogP contribution in [-0.2, 0) is 0 Å². The molecule has 1 aliphatic heterocycles. The Kier molecular flexibility index (Phi) is 1.97. The molecule has 0 radical (unpaired) electrons. The van der Waals surface area contributed by atoms with Crippen LogP contribution >= 0.6 is 11.9 Å². The van der Waals surface area contributed by atoms with E-state index in [0.717, 1.165) is 11.4 Å². The first-order valence-electron chi connectivity index (χ1n) is 4.11. The first-order chi connectivity index (χ1) is 5.77. The highest BCUT2D eigenvalue weighted by atomic mass is 32.2. The van der Waals surface area contributed by atoms with Crippen molar-refractivity contribution in [3.63, 3.8) is 0 Å². The molecule has 1 aromatic rings. The highest BCUT2D eigenvalue weighted by molar-refractivity contribution is 8.00. The van der Waals surface area contributed by atoms with Crippen LogP contribution in [0.1, 0.15) is 24.1 Å². The molecule has 1 aromatic heterocycles. The third kappa shape index (κ3) is 1.29. The number of nitrogens with one attached hydrogen (secondary N) is 1. The van der Waals surface area contributed by atoms with Crippen molar-refractivity contribution in [2.75, 3.05) is 10.5 Å². The summed E-state index contributed by atoms with van der Waals surface area (Å²) in [7, 11) is 0. The van der Waals surface area contributed by atoms with Crippen molar-refractivity contribution in [3.8, 4) is 0 Å². The average Bonchev–Trinajstić information content (AvgIpc) is 2.07. The topological polar surface area (TPSA) is 24.9 Å². The van der Waals surface area contributed by atoms with Crippen LogP contribution in [0.15, 0.2) is 12.3 Å². The number of hydrogen-bond acceptors (Lipinski definition) is 3. The number of aryl methyl sites for hydroxylation is 1. The normalized spacial score (nSPS) is 21.3. The molecule has 1 atom stereocenters. The lowest BCUT2D eigenvalue weighted by atomic mass is 10.0. The molecule has 0 unspecified atom stereocenters. The van der Waals surface area contributed by atoms with Crippen LogP contribution in [-0.4, -0.2) is 10.7 Å². The van der Waals surface area contributed by atoms with Crippen LogP contribution in [0.5, 0.6) is 0 Å². The summed E-state index contributed by atoms with van der Waals surface area (Å²) in [6.07, 6.45) is 1.92. The van der Waals surface area contributed by atoms with Gasteiger partial charge in [0.2, 0.25) is 0 Å². The Labute approximate surface area is 76.9 Å². The lowest BCUT2D eigenvalue weighted by Gasteiger charge is -2.22. The van der Waals surface area contributed by atoms with Gasteiger partial charge >= 0.3 is 0 Å². The smallest absolute Gasteiger partial charge is 0.0661 e. The van der Waals surface area contributed by atoms with E-state index in [0.29, 0.717) is 5.92 Å². The Balaban J connectivity index is 2.47. The van der Waals surface area contributed by atoms with E-state index in [1.165, 1.54) is 11.3 Å². The van der Waals surface area contributed by atoms with Gasteiger partial charge in [-0.05, 0) is 24.5 Å². The first-order valence-corrected chi connectivity index (χ1v) is 5.10. The maximum Gasteiger partial charge on any atom is 0.0661 e. The second kappa shape index (κ2) is 2.98. The Morgan fingerprint density at radius 3 is 3.33 bits per heavy atom. The molecule has 2 heterocycles. The van der Waals surface area contributed by atoms with Crippen molar-refractivity contribution < 1.29 is 0 Å². The van der Waals surface area contributed by atoms with Gasteiger partial charge < -0.3 is 4.72 Å². The Morgan fingerprint density at radius 1 is 1.67 bits per heavy atom. The van der Waals surface area contributed by atoms with E-state index in [-0.39, 0.29) is 0 Å². The van der Waals surface area contributed by atoms with Crippen LogP contribution in [0.2, 0.25) is 0 Å². The molecule has 2 rings (SSSR count). The molecule has 1 aliphatic rings. The number of rotatable bonds is 0. The molecule has 0 saturated carbocycles. The molecule has 0 fully saturated rings. The number of nitrogens with zero attached hydrogens (tertiary/aromatic N) is 1. The molecule has 3 heteroatoms. The molecule has 0 amide bonds. The van der Waals surface area contributed by atoms with Gasteiger partial charge in [0, 0.05) is 11.4 Å². The Hall–Kier alpha value is -0.700. The van der Waals surface area contributed by atoms with Crippen LogP contribution < -0.4 is 4.72 Å². The lowest BCUT2D eigenvalue weighted by Crippen LogP contribution is -2.09. The summed E-state index contributed by atoms with van der Waals surface area (Å²) < 4.78 is 3.27. The largest absolute Gasteiger partial charge is 0.328 e. The molecule has 12 heavy (non-hydrogen) atoms. The van der Waals surface area contributed by atoms with Crippen molar-refractivity contribution in [1.29, 1.82) is 0 Å². The minimum Gasteiger partial charge on any atom is -0.328 e. The van der Waals surface area contributed by atoms with Gasteiger partial charge in [0.1, 0.15) is 0 Å². The third-order valence-corrected chi connectivity index (χ3v) is 3.15. The lowest BCUT2D eigenvalue weighted by molar-refractivity contribution is 0.870. The van der Waals surface area contributed by atoms with E-state index in [1.54, 1.807) is 11.9 Å². The number of hydrogen-bond donors (Lipinski definition) is 1. The molecule has 0 aromatic carbocycles. The number of aromatic nitrogens is 1. The zero-order valence-electron chi connectivity index (χ0n) is 7.29. The SMILES string of the molecule is Cc1cc2c(cn1)NSC[C@@H]2C. The molecule has 1 N–H and O–H groups in total. The van der Waals surface area contributed by atoms with E-state index in [1.807, 2.05) is 13.1 Å². The van der Waals surface area contributed by atoms with Gasteiger partial charge in [0.15, 0.2) is 0 Å². The summed E-state index contributed by atoms with van der Waals surface area (Å²) in [5.41, 5.74) is 3.69. The minimum atomic E-state index is 0.646. The number of pyridine rings is 1. The van der Waals surface area contributed by atoms with Crippen molar-refractivity contribution in [2.45, 2.75) is 19.8 Å². The van der Waals surface area contributed by atoms with E-state index < -0.39 is 0 Å². The fraction of sp³-hybridized carbons (Fsp3) is 0.444. The van der Waals surface area contributed by atoms with E-state index in [2.05, 4.69) is 22.7 Å². The quantitative estimate of drug-likeness (QED) is 0.621. The second-order valence-corrected chi connectivity index (χ2v) is 4.05. The number of fused-ring (bicyclic) bond motifs is 1. The minimum absolute atomic E-state index is 0.646. The van der Waals surface area contributed by atoms with Gasteiger partial charge in [-0.25, -0.2) is 0 Å². The Bertz CT molecular complexity index is 299. The van der Waals surface area contributed by atoms with Crippen molar-refractivity contribution in [3.05, 3.63) is 23.5 Å². The summed E-state index contributed by atoms with van der Waals surface area (Å²) in [6, 6.07) is 2.17. The fourth-order valence-electron chi connectivity index (χ4n) is 1.41. The number of anilines is 1. The van der Waals surface area contributed by atoms with Crippen LogP contribution in [0.3, 0.4) is 0 Å². The van der Waals surface area contributed by atoms with Gasteiger partial charge in [-0.2, -0.15) is 0 Å². The van der Waals surface area contributed by atoms with Gasteiger partial charge in [0.05, 0.1) is 11.9 Å². The Morgan fingerprint density at radius 2 is 2.50 bits per heavy atom. The summed E-state index contributed by atoms with van der Waals surface area (Å²) in [4.78, 5) is 4.25. The molecule has 2 nitrogen and oxygen atoms in total. The molecule has 0 saturated heterocycles. The molecular weight excluding hydrogens is 168 g/mol. The van der Waals surface area contributed by atoms with Gasteiger partial charge in [-0.3, -0.25) is 4.98 Å². The highest BCUT2D eigenvalue weighted by Gasteiger charge is 2.16. The predicted octanol–water partition coefficient (Wildman–Crippen LogP) is 2.57. The molecular formula is C9H12N2S. The molecule has 0 bridgehead atoms. The maximum absolute atomic E-state index is 4.25. The second-order valence-electron chi connectivity index (χ2n) is 3.23. The zero-order valence-corrected chi connectivity index (χ0v) is 8.11. The van der Waals surface area contributed by atoms with E-state index >= 15 is 0 Å². The fourth-order valence-corrected chi connectivity index (χ4v) is 2.25. The van der Waals surface area contributed by atoms with Crippen LogP contribution in [0.25, 0.3) is 0 Å². The monoisotopic (exact) mass is 180 g/mol. The summed E-state index contributed by atoms with van der Waals surface area (Å²) in [6.45, 7) is 4.29. The predicted molar refractivity (Wildman–Crippen MR) is 53.5 cm³/mol. The van der Waals surface area contributed by atoms with E-state index in [4.69, 9.17) is 0 Å². The average molecular weight is 180 g/mol. The first kappa shape index (κ1) is 7.92. The van der Waals surface area contributed by atoms with Crippen molar-refractivity contribution in [2.24, 2.45) is 0 Å². The van der Waals surface area contributed by atoms with Crippen molar-refractivity contribution >= 4 is 17.6 Å². The maximum atomic E-state index is 4.25.